The first kappa shape index (κ1) is 20.6. The number of morpholine rings is 1. The van der Waals surface area contributed by atoms with Gasteiger partial charge in [-0.25, -0.2) is 9.97 Å². The number of ether oxygens (including phenoxy) is 1. The predicted molar refractivity (Wildman–Crippen MR) is 118 cm³/mol. The highest BCUT2D eigenvalue weighted by Crippen LogP contribution is 2.28. The number of rotatable bonds is 6. The van der Waals surface area contributed by atoms with Gasteiger partial charge in [-0.3, -0.25) is 4.99 Å². The van der Waals surface area contributed by atoms with Crippen molar-refractivity contribution in [2.45, 2.75) is 13.0 Å². The highest BCUT2D eigenvalue weighted by Gasteiger charge is 2.23. The van der Waals surface area contributed by atoms with Crippen molar-refractivity contribution in [2.75, 3.05) is 38.8 Å². The minimum Gasteiger partial charge on any atom is -0.405 e. The number of anilines is 1. The van der Waals surface area contributed by atoms with Gasteiger partial charge in [0.15, 0.2) is 5.70 Å². The number of aromatic nitrogens is 2. The van der Waals surface area contributed by atoms with Gasteiger partial charge in [0.05, 0.1) is 32.0 Å². The average Bonchev–Trinajstić information content (AvgIpc) is 2.75. The number of nitrogens with one attached hydrogen (secondary N) is 1. The maximum atomic E-state index is 7.48. The summed E-state index contributed by atoms with van der Waals surface area (Å²) in [7, 11) is 3.68. The van der Waals surface area contributed by atoms with Crippen molar-refractivity contribution in [3.05, 3.63) is 47.9 Å². The van der Waals surface area contributed by atoms with Gasteiger partial charge in [0, 0.05) is 43.0 Å². The van der Waals surface area contributed by atoms with Gasteiger partial charge in [-0.1, -0.05) is 0 Å². The Kier molecular flexibility index (Phi) is 6.69. The third kappa shape index (κ3) is 4.18. The van der Waals surface area contributed by atoms with Gasteiger partial charge >= 0.3 is 0 Å². The van der Waals surface area contributed by atoms with Crippen LogP contribution in [-0.2, 0) is 4.74 Å². The van der Waals surface area contributed by atoms with E-state index >= 15 is 0 Å². The van der Waals surface area contributed by atoms with Crippen LogP contribution in [0.2, 0.25) is 0 Å². The Labute approximate surface area is 170 Å². The summed E-state index contributed by atoms with van der Waals surface area (Å²) in [6, 6.07) is 4.22. The maximum absolute atomic E-state index is 7.48. The molecule has 0 aliphatic carbocycles. The molecule has 1 fully saturated rings. The van der Waals surface area contributed by atoms with Crippen LogP contribution < -0.4 is 16.0 Å². The van der Waals surface area contributed by atoms with Gasteiger partial charge < -0.3 is 26.1 Å². The molecule has 2 aromatic rings. The van der Waals surface area contributed by atoms with Gasteiger partial charge in [0.2, 0.25) is 0 Å². The lowest BCUT2D eigenvalue weighted by Crippen LogP contribution is -2.76. The smallest absolute Gasteiger partial charge is 0.159 e. The zero-order valence-electron chi connectivity index (χ0n) is 17.1. The first-order valence-electron chi connectivity index (χ1n) is 9.64. The van der Waals surface area contributed by atoms with Gasteiger partial charge in [-0.2, -0.15) is 0 Å². The molecule has 1 atom stereocenters. The van der Waals surface area contributed by atoms with E-state index in [-0.39, 0.29) is 6.04 Å². The van der Waals surface area contributed by atoms with Crippen molar-refractivity contribution in [3.8, 4) is 0 Å². The number of nitrogens with two attached hydrogens (primary N) is 2. The third-order valence-electron chi connectivity index (χ3n) is 4.99. The zero-order valence-corrected chi connectivity index (χ0v) is 17.1. The van der Waals surface area contributed by atoms with Gasteiger partial charge in [0.1, 0.15) is 17.0 Å². The normalized spacial score (nSPS) is 18.6. The van der Waals surface area contributed by atoms with Crippen molar-refractivity contribution < 1.29 is 10.1 Å². The molecule has 0 saturated carbocycles. The molecule has 1 aliphatic heterocycles. The quantitative estimate of drug-likeness (QED) is 0.630. The second-order valence-electron chi connectivity index (χ2n) is 6.75. The second-order valence-corrected chi connectivity index (χ2v) is 6.75. The monoisotopic (exact) mass is 394 g/mol. The highest BCUT2D eigenvalue weighted by molar-refractivity contribution is 6.17. The zero-order chi connectivity index (χ0) is 20.8. The van der Waals surface area contributed by atoms with Gasteiger partial charge in [-0.15, -0.1) is 0 Å². The average molecular weight is 395 g/mol. The summed E-state index contributed by atoms with van der Waals surface area (Å²) in [6.45, 7) is 4.22. The van der Waals surface area contributed by atoms with Crippen LogP contribution in [0.3, 0.4) is 0 Å². The van der Waals surface area contributed by atoms with E-state index in [4.69, 9.17) is 20.9 Å². The van der Waals surface area contributed by atoms with Crippen molar-refractivity contribution in [1.29, 1.82) is 5.41 Å². The minimum absolute atomic E-state index is 0.211. The molecular formula is C21H28N7O+. The molecule has 0 aromatic carbocycles. The summed E-state index contributed by atoms with van der Waals surface area (Å²) in [5, 5.41) is 10.4. The summed E-state index contributed by atoms with van der Waals surface area (Å²) in [6.07, 6.45) is 8.04. The standard InChI is InChI=1S/C21H27N7O/c1-14-13-29-11-10-28(14)19-12-16(17(24-2)4-7-22)15-6-9-26-21(20(15)27-19)18(25-3)5-8-23/h4-9,12,14,23,25H,10-11,13,22H2,1-3H3/p+1/b7-4-,18-5-,23-8?,24-17?/t14-/m1/s1. The first-order valence-corrected chi connectivity index (χ1v) is 9.64. The van der Waals surface area contributed by atoms with E-state index in [1.165, 1.54) is 12.4 Å². The van der Waals surface area contributed by atoms with E-state index in [2.05, 4.69) is 27.9 Å². The SMILES string of the molecule is CN=C(/C=C\N)c1cc(N2CCOC[C@H]2C)nc2c(/C(=C/C=N)[NH2+]C)nccc12. The fourth-order valence-corrected chi connectivity index (χ4v) is 3.55. The lowest BCUT2D eigenvalue weighted by Gasteiger charge is -2.34. The Morgan fingerprint density at radius 3 is 2.97 bits per heavy atom. The lowest BCUT2D eigenvalue weighted by molar-refractivity contribution is -0.530. The topological polar surface area (TPSA) is 117 Å². The summed E-state index contributed by atoms with van der Waals surface area (Å²) in [5.74, 6) is 0.856. The summed E-state index contributed by atoms with van der Waals surface area (Å²) in [5.41, 5.74) is 9.76. The van der Waals surface area contributed by atoms with Crippen molar-refractivity contribution in [3.63, 3.8) is 0 Å². The number of hydrogen-bond acceptors (Lipinski definition) is 7. The van der Waals surface area contributed by atoms with Crippen LogP contribution in [0.1, 0.15) is 18.2 Å². The van der Waals surface area contributed by atoms with E-state index in [0.29, 0.717) is 13.2 Å². The van der Waals surface area contributed by atoms with Crippen LogP contribution in [0.25, 0.3) is 16.6 Å². The van der Waals surface area contributed by atoms with E-state index < -0.39 is 0 Å². The van der Waals surface area contributed by atoms with Gasteiger partial charge in [-0.05, 0) is 31.3 Å². The lowest BCUT2D eigenvalue weighted by atomic mass is 10.0. The molecule has 0 spiro atoms. The van der Waals surface area contributed by atoms with E-state index in [9.17, 15) is 0 Å². The maximum Gasteiger partial charge on any atom is 0.159 e. The number of fused-ring (bicyclic) bond motifs is 1. The molecule has 8 heteroatoms. The number of nitrogens with zero attached hydrogens (tertiary/aromatic N) is 4. The minimum atomic E-state index is 0.211. The third-order valence-corrected chi connectivity index (χ3v) is 4.99. The molecule has 1 saturated heterocycles. The molecule has 8 nitrogen and oxygen atoms in total. The first-order chi connectivity index (χ1) is 14.1. The number of allylic oxidation sites excluding steroid dienone is 2. The fourth-order valence-electron chi connectivity index (χ4n) is 3.55. The molecular weight excluding hydrogens is 366 g/mol. The van der Waals surface area contributed by atoms with Crippen molar-refractivity contribution in [1.82, 2.24) is 9.97 Å². The van der Waals surface area contributed by atoms with Gasteiger partial charge in [0.25, 0.3) is 0 Å². The molecule has 0 radical (unpaired) electrons. The number of pyridine rings is 2. The largest absolute Gasteiger partial charge is 0.405 e. The van der Waals surface area contributed by atoms with Crippen LogP contribution in [-0.4, -0.2) is 61.8 Å². The molecule has 2 aromatic heterocycles. The second kappa shape index (κ2) is 9.40. The van der Waals surface area contributed by atoms with E-state index in [1.54, 1.807) is 25.4 Å². The molecule has 3 heterocycles. The molecule has 0 bridgehead atoms. The number of hydrogen-bond donors (Lipinski definition) is 3. The van der Waals surface area contributed by atoms with Crippen LogP contribution in [0.15, 0.2) is 41.7 Å². The Morgan fingerprint density at radius 2 is 2.31 bits per heavy atom. The van der Waals surface area contributed by atoms with Crippen LogP contribution in [0, 0.1) is 5.41 Å². The van der Waals surface area contributed by atoms with Crippen molar-refractivity contribution >= 4 is 34.3 Å². The molecule has 0 unspecified atom stereocenters. The summed E-state index contributed by atoms with van der Waals surface area (Å²) >= 11 is 0. The molecule has 152 valence electrons. The van der Waals surface area contributed by atoms with Crippen molar-refractivity contribution in [2.24, 2.45) is 10.7 Å². The molecule has 0 amide bonds. The Balaban J connectivity index is 2.33. The Morgan fingerprint density at radius 1 is 1.48 bits per heavy atom. The predicted octanol–water partition coefficient (Wildman–Crippen LogP) is 0.930. The Hall–Kier alpha value is -3.10. The number of quaternary nitrogens is 1. The van der Waals surface area contributed by atoms with Crippen LogP contribution in [0.5, 0.6) is 0 Å². The summed E-state index contributed by atoms with van der Waals surface area (Å²) < 4.78 is 5.60. The Bertz CT molecular complexity index is 980. The molecule has 29 heavy (non-hydrogen) atoms. The van der Waals surface area contributed by atoms with Crippen LogP contribution >= 0.6 is 0 Å². The fraction of sp³-hybridized carbons (Fsp3) is 0.333. The highest BCUT2D eigenvalue weighted by atomic mass is 16.5. The molecule has 3 rings (SSSR count). The molecule has 1 aliphatic rings. The van der Waals surface area contributed by atoms with E-state index in [0.717, 1.165) is 45.9 Å². The van der Waals surface area contributed by atoms with Crippen LogP contribution in [0.4, 0.5) is 5.82 Å². The summed E-state index contributed by atoms with van der Waals surface area (Å²) in [4.78, 5) is 16.3. The molecule has 5 N–H and O–H groups in total. The number of aliphatic imine (C=N–C) groups is 1. The van der Waals surface area contributed by atoms with E-state index in [1.807, 2.05) is 18.4 Å².